The lowest BCUT2D eigenvalue weighted by molar-refractivity contribution is -0.383. The molecule has 0 heterocycles. The van der Waals surface area contributed by atoms with E-state index in [1.54, 1.807) is 18.2 Å². The summed E-state index contributed by atoms with van der Waals surface area (Å²) in [4.78, 5) is 22.5. The third-order valence-electron chi connectivity index (χ3n) is 3.10. The number of rotatable bonds is 4. The maximum atomic E-state index is 12.2. The predicted octanol–water partition coefficient (Wildman–Crippen LogP) is 3.45. The number of hydrogen-bond acceptors (Lipinski definition) is 4. The van der Waals surface area contributed by atoms with Crippen LogP contribution in [-0.4, -0.2) is 10.8 Å². The van der Waals surface area contributed by atoms with Crippen LogP contribution in [0.1, 0.15) is 11.1 Å². The highest BCUT2D eigenvalue weighted by Gasteiger charge is 2.17. The van der Waals surface area contributed by atoms with Crippen LogP contribution >= 0.6 is 0 Å². The van der Waals surface area contributed by atoms with Gasteiger partial charge in [-0.1, -0.05) is 42.0 Å². The Bertz CT molecular complexity index is 818. The summed E-state index contributed by atoms with van der Waals surface area (Å²) in [5.74, 6) is -0.692. The van der Waals surface area contributed by atoms with Gasteiger partial charge in [-0.15, -0.1) is 0 Å². The van der Waals surface area contributed by atoms with Gasteiger partial charge < -0.3 is 5.32 Å². The lowest BCUT2D eigenvalue weighted by Gasteiger charge is -2.05. The first kappa shape index (κ1) is 15.9. The maximum Gasteiger partial charge on any atom is 0.292 e. The zero-order valence-corrected chi connectivity index (χ0v) is 12.3. The van der Waals surface area contributed by atoms with Crippen LogP contribution < -0.4 is 5.32 Å². The van der Waals surface area contributed by atoms with Crippen molar-refractivity contribution in [2.75, 3.05) is 5.32 Å². The molecule has 0 fully saturated rings. The topological polar surface area (TPSA) is 96.0 Å². The minimum atomic E-state index is -0.692. The highest BCUT2D eigenvalue weighted by Crippen LogP contribution is 2.23. The summed E-state index contributed by atoms with van der Waals surface area (Å²) in [5, 5.41) is 22.5. The Hall–Kier alpha value is -3.46. The van der Waals surface area contributed by atoms with Gasteiger partial charge in [0.2, 0.25) is 0 Å². The number of carbonyl (C=O) groups excluding carboxylic acids is 1. The monoisotopic (exact) mass is 307 g/mol. The van der Waals surface area contributed by atoms with Crippen LogP contribution in [0.4, 0.5) is 11.4 Å². The van der Waals surface area contributed by atoms with E-state index in [4.69, 9.17) is 5.26 Å². The second kappa shape index (κ2) is 7.00. The molecule has 0 spiro atoms. The van der Waals surface area contributed by atoms with Crippen molar-refractivity contribution in [2.45, 2.75) is 6.92 Å². The number of nitriles is 1. The molecule has 1 N–H and O–H groups in total. The van der Waals surface area contributed by atoms with Crippen LogP contribution in [-0.2, 0) is 4.79 Å². The summed E-state index contributed by atoms with van der Waals surface area (Å²) >= 11 is 0. The van der Waals surface area contributed by atoms with E-state index in [1.807, 2.05) is 25.1 Å². The number of benzene rings is 2. The van der Waals surface area contributed by atoms with Gasteiger partial charge in [-0.25, -0.2) is 0 Å². The zero-order valence-electron chi connectivity index (χ0n) is 12.3. The number of nitro benzene ring substituents is 1. The van der Waals surface area contributed by atoms with E-state index in [1.165, 1.54) is 24.3 Å². The quantitative estimate of drug-likeness (QED) is 0.405. The smallest absolute Gasteiger partial charge is 0.292 e. The van der Waals surface area contributed by atoms with Crippen molar-refractivity contribution in [3.63, 3.8) is 0 Å². The van der Waals surface area contributed by atoms with Gasteiger partial charge in [-0.3, -0.25) is 14.9 Å². The Balaban J connectivity index is 2.27. The largest absolute Gasteiger partial charge is 0.316 e. The standard InChI is InChI=1S/C17H13N3O3/c1-12-6-8-13(9-7-12)10-14(11-18)17(21)19-15-4-2-3-5-16(15)20(22)23/h2-10H,1H3,(H,19,21). The summed E-state index contributed by atoms with van der Waals surface area (Å²) in [6.45, 7) is 1.93. The van der Waals surface area contributed by atoms with Crippen LogP contribution in [0, 0.1) is 28.4 Å². The minimum Gasteiger partial charge on any atom is -0.316 e. The summed E-state index contributed by atoms with van der Waals surface area (Å²) in [6.07, 6.45) is 1.43. The number of nitrogens with one attached hydrogen (secondary N) is 1. The molecule has 0 bridgehead atoms. The average molecular weight is 307 g/mol. The molecule has 2 rings (SSSR count). The molecule has 0 aliphatic carbocycles. The Morgan fingerprint density at radius 3 is 2.48 bits per heavy atom. The predicted molar refractivity (Wildman–Crippen MR) is 86.5 cm³/mol. The van der Waals surface area contributed by atoms with Gasteiger partial charge in [0.05, 0.1) is 4.92 Å². The zero-order chi connectivity index (χ0) is 16.8. The van der Waals surface area contributed by atoms with Crippen LogP contribution in [0.2, 0.25) is 0 Å². The normalized spacial score (nSPS) is 10.7. The van der Waals surface area contributed by atoms with Gasteiger partial charge in [-0.05, 0) is 24.6 Å². The van der Waals surface area contributed by atoms with Crippen molar-refractivity contribution < 1.29 is 9.72 Å². The number of nitro groups is 1. The summed E-state index contributed by atoms with van der Waals surface area (Å²) in [6, 6.07) is 14.9. The molecule has 0 atom stereocenters. The third kappa shape index (κ3) is 4.02. The SMILES string of the molecule is Cc1ccc(C=C(C#N)C(=O)Nc2ccccc2[N+](=O)[O-])cc1. The molecule has 2 aromatic rings. The van der Waals surface area contributed by atoms with Crippen molar-refractivity contribution in [2.24, 2.45) is 0 Å². The minimum absolute atomic E-state index is 0.0487. The molecule has 0 unspecified atom stereocenters. The van der Waals surface area contributed by atoms with Crippen LogP contribution in [0.3, 0.4) is 0 Å². The van der Waals surface area contributed by atoms with Gasteiger partial charge in [-0.2, -0.15) is 5.26 Å². The average Bonchev–Trinajstić information content (AvgIpc) is 2.54. The van der Waals surface area contributed by atoms with E-state index in [0.29, 0.717) is 5.56 Å². The molecule has 0 radical (unpaired) electrons. The van der Waals surface area contributed by atoms with E-state index in [0.717, 1.165) is 5.56 Å². The second-order valence-electron chi connectivity index (χ2n) is 4.81. The van der Waals surface area contributed by atoms with E-state index < -0.39 is 10.8 Å². The fourth-order valence-corrected chi connectivity index (χ4v) is 1.91. The number of nitrogens with zero attached hydrogens (tertiary/aromatic N) is 2. The number of para-hydroxylation sites is 2. The van der Waals surface area contributed by atoms with Gasteiger partial charge in [0.1, 0.15) is 17.3 Å². The molecule has 23 heavy (non-hydrogen) atoms. The van der Waals surface area contributed by atoms with Gasteiger partial charge in [0.15, 0.2) is 0 Å². The first-order valence-electron chi connectivity index (χ1n) is 6.74. The third-order valence-corrected chi connectivity index (χ3v) is 3.10. The molecular weight excluding hydrogens is 294 g/mol. The first-order valence-corrected chi connectivity index (χ1v) is 6.74. The Kier molecular flexibility index (Phi) is 4.85. The van der Waals surface area contributed by atoms with Crippen LogP contribution in [0.25, 0.3) is 6.08 Å². The number of amides is 1. The Morgan fingerprint density at radius 2 is 1.87 bits per heavy atom. The fraction of sp³-hybridized carbons (Fsp3) is 0.0588. The van der Waals surface area contributed by atoms with Crippen molar-refractivity contribution in [1.29, 1.82) is 5.26 Å². The lowest BCUT2D eigenvalue weighted by Crippen LogP contribution is -2.14. The molecule has 2 aromatic carbocycles. The molecule has 0 aliphatic heterocycles. The summed E-state index contributed by atoms with van der Waals surface area (Å²) in [5.41, 5.74) is 1.45. The van der Waals surface area contributed by atoms with E-state index >= 15 is 0 Å². The van der Waals surface area contributed by atoms with E-state index in [-0.39, 0.29) is 16.9 Å². The fourth-order valence-electron chi connectivity index (χ4n) is 1.91. The molecule has 0 aromatic heterocycles. The van der Waals surface area contributed by atoms with Crippen LogP contribution in [0.15, 0.2) is 54.1 Å². The summed E-state index contributed by atoms with van der Waals surface area (Å²) in [7, 11) is 0. The van der Waals surface area contributed by atoms with Crippen molar-refractivity contribution >= 4 is 23.4 Å². The number of anilines is 1. The molecule has 0 saturated carbocycles. The highest BCUT2D eigenvalue weighted by atomic mass is 16.6. The van der Waals surface area contributed by atoms with E-state index in [2.05, 4.69) is 5.32 Å². The van der Waals surface area contributed by atoms with E-state index in [9.17, 15) is 14.9 Å². The maximum absolute atomic E-state index is 12.2. The summed E-state index contributed by atoms with van der Waals surface area (Å²) < 4.78 is 0. The van der Waals surface area contributed by atoms with Crippen molar-refractivity contribution in [3.05, 3.63) is 75.3 Å². The number of carbonyl (C=O) groups is 1. The number of aryl methyl sites for hydroxylation is 1. The van der Waals surface area contributed by atoms with Crippen molar-refractivity contribution in [3.8, 4) is 6.07 Å². The number of hydrogen-bond donors (Lipinski definition) is 1. The molecule has 6 heteroatoms. The Labute approximate surface area is 132 Å². The lowest BCUT2D eigenvalue weighted by atomic mass is 10.1. The molecular formula is C17H13N3O3. The van der Waals surface area contributed by atoms with Gasteiger partial charge in [0, 0.05) is 6.07 Å². The molecule has 1 amide bonds. The first-order chi connectivity index (χ1) is 11.0. The second-order valence-corrected chi connectivity index (χ2v) is 4.81. The van der Waals surface area contributed by atoms with Gasteiger partial charge in [0.25, 0.3) is 11.6 Å². The van der Waals surface area contributed by atoms with Crippen molar-refractivity contribution in [1.82, 2.24) is 0 Å². The highest BCUT2D eigenvalue weighted by molar-refractivity contribution is 6.10. The molecule has 114 valence electrons. The Morgan fingerprint density at radius 1 is 1.22 bits per heavy atom. The molecule has 0 aliphatic rings. The van der Waals surface area contributed by atoms with Gasteiger partial charge >= 0.3 is 0 Å². The van der Waals surface area contributed by atoms with Crippen LogP contribution in [0.5, 0.6) is 0 Å². The molecule has 6 nitrogen and oxygen atoms in total. The molecule has 0 saturated heterocycles.